The molecule has 0 fully saturated rings. The summed E-state index contributed by atoms with van der Waals surface area (Å²) in [6.07, 6.45) is 1.35. The minimum Gasteiger partial charge on any atom is -0.490 e. The second-order valence-electron chi connectivity index (χ2n) is 4.04. The van der Waals surface area contributed by atoms with Crippen molar-refractivity contribution < 1.29 is 4.74 Å². The summed E-state index contributed by atoms with van der Waals surface area (Å²) in [4.78, 5) is 0. The van der Waals surface area contributed by atoms with Crippen molar-refractivity contribution >= 4 is 0 Å². The Morgan fingerprint density at radius 1 is 1.53 bits per heavy atom. The second-order valence-corrected chi connectivity index (χ2v) is 4.04. The Bertz CT molecular complexity index is 338. The van der Waals surface area contributed by atoms with Crippen LogP contribution in [-0.2, 0) is 13.0 Å². The lowest BCUT2D eigenvalue weighted by Crippen LogP contribution is -2.21. The number of nitrogens with two attached hydrogens (primary N) is 1. The number of benzene rings is 1. The molecular formula is C12H18N2O. The molecule has 0 aliphatic carbocycles. The van der Waals surface area contributed by atoms with Crippen LogP contribution >= 0.6 is 0 Å². The predicted molar refractivity (Wildman–Crippen MR) is 61.0 cm³/mol. The third kappa shape index (κ3) is 2.49. The Kier molecular flexibility index (Phi) is 3.23. The van der Waals surface area contributed by atoms with Gasteiger partial charge in [-0.05, 0) is 24.1 Å². The van der Waals surface area contributed by atoms with E-state index < -0.39 is 0 Å². The Balaban J connectivity index is 2.00. The fourth-order valence-electron chi connectivity index (χ4n) is 1.92. The van der Waals surface area contributed by atoms with Gasteiger partial charge in [-0.2, -0.15) is 0 Å². The van der Waals surface area contributed by atoms with Crippen molar-refractivity contribution in [1.82, 2.24) is 5.32 Å². The first kappa shape index (κ1) is 10.5. The number of hydrogen-bond donors (Lipinski definition) is 2. The lowest BCUT2D eigenvalue weighted by Gasteiger charge is -2.05. The lowest BCUT2D eigenvalue weighted by atomic mass is 10.1. The summed E-state index contributed by atoms with van der Waals surface area (Å²) in [7, 11) is 0. The second kappa shape index (κ2) is 4.64. The minimum atomic E-state index is 0.326. The van der Waals surface area contributed by atoms with Gasteiger partial charge >= 0.3 is 0 Å². The summed E-state index contributed by atoms with van der Waals surface area (Å²) in [6, 6.07) is 6.40. The number of fused-ring (bicyclic) bond motifs is 1. The first-order valence-electron chi connectivity index (χ1n) is 5.49. The van der Waals surface area contributed by atoms with Crippen LogP contribution in [0.1, 0.15) is 18.1 Å². The van der Waals surface area contributed by atoms with Gasteiger partial charge in [0, 0.05) is 26.1 Å². The van der Waals surface area contributed by atoms with Crippen LogP contribution in [0.3, 0.4) is 0 Å². The zero-order valence-corrected chi connectivity index (χ0v) is 9.12. The van der Waals surface area contributed by atoms with E-state index in [0.717, 1.165) is 25.3 Å². The van der Waals surface area contributed by atoms with Gasteiger partial charge in [0.05, 0.1) is 0 Å². The maximum absolute atomic E-state index is 5.65. The van der Waals surface area contributed by atoms with E-state index in [2.05, 4.69) is 30.4 Å². The maximum Gasteiger partial charge on any atom is 0.123 e. The molecule has 1 heterocycles. The summed E-state index contributed by atoms with van der Waals surface area (Å²) in [5, 5.41) is 3.29. The first-order valence-corrected chi connectivity index (χ1v) is 5.49. The van der Waals surface area contributed by atoms with Gasteiger partial charge in [-0.25, -0.2) is 0 Å². The molecule has 0 amide bonds. The van der Waals surface area contributed by atoms with Crippen LogP contribution in [0.15, 0.2) is 18.2 Å². The highest BCUT2D eigenvalue weighted by Gasteiger charge is 2.18. The van der Waals surface area contributed by atoms with E-state index >= 15 is 0 Å². The lowest BCUT2D eigenvalue weighted by molar-refractivity contribution is 0.254. The van der Waals surface area contributed by atoms with E-state index in [-0.39, 0.29) is 0 Å². The number of hydrogen-bond acceptors (Lipinski definition) is 3. The zero-order valence-electron chi connectivity index (χ0n) is 9.12. The van der Waals surface area contributed by atoms with Crippen LogP contribution in [0.2, 0.25) is 0 Å². The molecule has 82 valence electrons. The number of nitrogens with one attached hydrogen (secondary N) is 1. The maximum atomic E-state index is 5.65. The van der Waals surface area contributed by atoms with Crippen LogP contribution < -0.4 is 15.8 Å². The predicted octanol–water partition coefficient (Wildman–Crippen LogP) is 1.06. The average Bonchev–Trinajstić information content (AvgIpc) is 2.57. The SMILES string of the molecule is CC1Cc2cc(CNCCN)ccc2O1. The van der Waals surface area contributed by atoms with E-state index in [1.54, 1.807) is 0 Å². The minimum absolute atomic E-state index is 0.326. The molecule has 3 heteroatoms. The Morgan fingerprint density at radius 2 is 2.40 bits per heavy atom. The van der Waals surface area contributed by atoms with Gasteiger partial charge in [-0.1, -0.05) is 12.1 Å². The highest BCUT2D eigenvalue weighted by molar-refractivity contribution is 5.40. The van der Waals surface area contributed by atoms with Gasteiger partial charge in [0.25, 0.3) is 0 Å². The van der Waals surface area contributed by atoms with Crippen molar-refractivity contribution in [2.75, 3.05) is 13.1 Å². The smallest absolute Gasteiger partial charge is 0.123 e. The highest BCUT2D eigenvalue weighted by Crippen LogP contribution is 2.29. The van der Waals surface area contributed by atoms with E-state index in [1.165, 1.54) is 11.1 Å². The number of rotatable bonds is 4. The molecule has 0 radical (unpaired) electrons. The molecule has 2 rings (SSSR count). The van der Waals surface area contributed by atoms with Crippen LogP contribution in [0.4, 0.5) is 0 Å². The topological polar surface area (TPSA) is 47.3 Å². The standard InChI is InChI=1S/C12H18N2O/c1-9-6-11-7-10(8-14-5-4-13)2-3-12(11)15-9/h2-3,7,9,14H,4-6,8,13H2,1H3. The van der Waals surface area contributed by atoms with E-state index in [1.807, 2.05) is 0 Å². The highest BCUT2D eigenvalue weighted by atomic mass is 16.5. The van der Waals surface area contributed by atoms with Crippen LogP contribution in [0.25, 0.3) is 0 Å². The molecule has 1 unspecified atom stereocenters. The normalized spacial score (nSPS) is 18.7. The van der Waals surface area contributed by atoms with E-state index in [4.69, 9.17) is 10.5 Å². The molecule has 1 aliphatic heterocycles. The average molecular weight is 206 g/mol. The van der Waals surface area contributed by atoms with Gasteiger partial charge in [0.15, 0.2) is 0 Å². The molecule has 0 spiro atoms. The molecule has 0 bridgehead atoms. The molecule has 0 saturated heterocycles. The quantitative estimate of drug-likeness (QED) is 0.724. The summed E-state index contributed by atoms with van der Waals surface area (Å²) >= 11 is 0. The molecule has 1 aromatic rings. The molecule has 1 atom stereocenters. The molecule has 0 aromatic heterocycles. The molecule has 3 N–H and O–H groups in total. The van der Waals surface area contributed by atoms with E-state index in [0.29, 0.717) is 12.6 Å². The van der Waals surface area contributed by atoms with Crippen molar-refractivity contribution in [2.45, 2.75) is 26.0 Å². The number of ether oxygens (including phenoxy) is 1. The van der Waals surface area contributed by atoms with Crippen molar-refractivity contribution in [3.63, 3.8) is 0 Å². The fourth-order valence-corrected chi connectivity index (χ4v) is 1.92. The molecule has 1 aromatic carbocycles. The molecule has 0 saturated carbocycles. The largest absolute Gasteiger partial charge is 0.490 e. The zero-order chi connectivity index (χ0) is 10.7. The first-order chi connectivity index (χ1) is 7.29. The van der Waals surface area contributed by atoms with Gasteiger partial charge < -0.3 is 15.8 Å². The van der Waals surface area contributed by atoms with Gasteiger partial charge in [0.2, 0.25) is 0 Å². The van der Waals surface area contributed by atoms with Crippen molar-refractivity contribution in [3.05, 3.63) is 29.3 Å². The van der Waals surface area contributed by atoms with Crippen LogP contribution in [0.5, 0.6) is 5.75 Å². The third-order valence-electron chi connectivity index (χ3n) is 2.61. The monoisotopic (exact) mass is 206 g/mol. The third-order valence-corrected chi connectivity index (χ3v) is 2.61. The van der Waals surface area contributed by atoms with Crippen molar-refractivity contribution in [3.8, 4) is 5.75 Å². The van der Waals surface area contributed by atoms with Gasteiger partial charge in [-0.15, -0.1) is 0 Å². The summed E-state index contributed by atoms with van der Waals surface area (Å²) in [6.45, 7) is 4.54. The summed E-state index contributed by atoms with van der Waals surface area (Å²) in [5.41, 5.74) is 8.05. The van der Waals surface area contributed by atoms with Crippen molar-refractivity contribution in [2.24, 2.45) is 5.73 Å². The molecule has 15 heavy (non-hydrogen) atoms. The molecule has 3 nitrogen and oxygen atoms in total. The summed E-state index contributed by atoms with van der Waals surface area (Å²) < 4.78 is 5.65. The van der Waals surface area contributed by atoms with Crippen molar-refractivity contribution in [1.29, 1.82) is 0 Å². The van der Waals surface area contributed by atoms with Crippen LogP contribution in [0, 0.1) is 0 Å². The van der Waals surface area contributed by atoms with Gasteiger partial charge in [-0.3, -0.25) is 0 Å². The summed E-state index contributed by atoms with van der Waals surface area (Å²) in [5.74, 6) is 1.05. The van der Waals surface area contributed by atoms with Gasteiger partial charge in [0.1, 0.15) is 11.9 Å². The Morgan fingerprint density at radius 3 is 3.20 bits per heavy atom. The Labute approximate surface area is 90.6 Å². The molecule has 1 aliphatic rings. The molecular weight excluding hydrogens is 188 g/mol. The fraction of sp³-hybridized carbons (Fsp3) is 0.500. The Hall–Kier alpha value is -1.06. The van der Waals surface area contributed by atoms with Crippen LogP contribution in [-0.4, -0.2) is 19.2 Å². The van der Waals surface area contributed by atoms with E-state index in [9.17, 15) is 0 Å².